The Hall–Kier alpha value is -5.79. The van der Waals surface area contributed by atoms with E-state index in [2.05, 4.69) is 15.0 Å². The molecule has 7 aromatic rings. The van der Waals surface area contributed by atoms with Crippen molar-refractivity contribution in [1.82, 2.24) is 14.1 Å². The van der Waals surface area contributed by atoms with E-state index in [0.29, 0.717) is 0 Å². The van der Waals surface area contributed by atoms with Gasteiger partial charge in [0.1, 0.15) is 24.5 Å². The smallest absolute Gasteiger partial charge is 0.326 e. The van der Waals surface area contributed by atoms with Crippen LogP contribution in [-0.2, 0) is 32.2 Å². The molecule has 0 bridgehead atoms. The number of esters is 2. The van der Waals surface area contributed by atoms with Crippen molar-refractivity contribution in [1.29, 1.82) is 0 Å². The highest BCUT2D eigenvalue weighted by Gasteiger charge is 2.18. The van der Waals surface area contributed by atoms with E-state index in [9.17, 15) is 19.2 Å². The van der Waals surface area contributed by atoms with Crippen LogP contribution in [0.2, 0.25) is 0 Å². The first-order valence-corrected chi connectivity index (χ1v) is 17.5. The van der Waals surface area contributed by atoms with Gasteiger partial charge in [-0.1, -0.05) is 89.4 Å². The molecule has 0 N–H and O–H groups in total. The molecule has 2 amide bonds. The number of benzene rings is 4. The molecule has 0 spiro atoms. The molecule has 3 aromatic heterocycles. The van der Waals surface area contributed by atoms with Gasteiger partial charge in [0, 0.05) is 10.8 Å². The predicted octanol–water partition coefficient (Wildman–Crippen LogP) is 6.03. The fraction of sp³-hybridized carbons (Fsp3) is 0.162. The van der Waals surface area contributed by atoms with Crippen molar-refractivity contribution in [2.45, 2.75) is 26.9 Å². The molecule has 3 heterocycles. The van der Waals surface area contributed by atoms with Gasteiger partial charge in [0.05, 0.1) is 33.6 Å². The number of pyridine rings is 1. The number of hydrogen-bond acceptors (Lipinski definition) is 9. The second-order valence-electron chi connectivity index (χ2n) is 11.1. The standard InChI is InChI=1S/C37H29N5O6S2/c1-3-47-30(43)20-41-28-18-16-22-10-5-7-12-24(22)32(28)49-36(41)39-34(45)26-14-9-15-27(38-26)35(46)40-37-42(21-31(44)48-4-2)29-19-17-23-11-6-8-13-25(23)33(29)50-37/h5-19H,3-4,20-21H2,1-2H3. The van der Waals surface area contributed by atoms with Crippen LogP contribution >= 0.6 is 22.7 Å². The maximum Gasteiger partial charge on any atom is 0.326 e. The molecule has 4 aromatic carbocycles. The first-order valence-electron chi connectivity index (χ1n) is 15.8. The number of amides is 2. The minimum absolute atomic E-state index is 0.0715. The van der Waals surface area contributed by atoms with Crippen molar-refractivity contribution in [3.63, 3.8) is 0 Å². The Morgan fingerprint density at radius 3 is 1.48 bits per heavy atom. The third kappa shape index (κ3) is 6.35. The summed E-state index contributed by atoms with van der Waals surface area (Å²) < 4.78 is 15.4. The monoisotopic (exact) mass is 703 g/mol. The minimum atomic E-state index is -0.696. The summed E-state index contributed by atoms with van der Waals surface area (Å²) in [5.41, 5.74) is 1.32. The van der Waals surface area contributed by atoms with Gasteiger partial charge < -0.3 is 18.6 Å². The van der Waals surface area contributed by atoms with Gasteiger partial charge in [0.15, 0.2) is 9.60 Å². The van der Waals surface area contributed by atoms with Crippen molar-refractivity contribution in [2.75, 3.05) is 13.2 Å². The Bertz CT molecular complexity index is 2450. The first-order chi connectivity index (χ1) is 24.3. The quantitative estimate of drug-likeness (QED) is 0.177. The van der Waals surface area contributed by atoms with Crippen LogP contribution < -0.4 is 9.60 Å². The number of hydrogen-bond donors (Lipinski definition) is 0. The molecule has 0 aliphatic rings. The van der Waals surface area contributed by atoms with Gasteiger partial charge in [0.2, 0.25) is 0 Å². The maximum atomic E-state index is 13.6. The fourth-order valence-electron chi connectivity index (χ4n) is 5.71. The lowest BCUT2D eigenvalue weighted by Crippen LogP contribution is -2.23. The van der Waals surface area contributed by atoms with Crippen LogP contribution in [0, 0.1) is 0 Å². The number of carbonyl (C=O) groups is 4. The molecule has 0 aliphatic heterocycles. The topological polar surface area (TPSA) is 134 Å². The van der Waals surface area contributed by atoms with Crippen LogP contribution in [0.15, 0.2) is 101 Å². The highest BCUT2D eigenvalue weighted by atomic mass is 32.1. The molecular weight excluding hydrogens is 675 g/mol. The third-order valence-corrected chi connectivity index (χ3v) is 10.2. The number of rotatable bonds is 8. The Morgan fingerprint density at radius 1 is 0.600 bits per heavy atom. The average Bonchev–Trinajstić information content (AvgIpc) is 3.65. The molecule has 0 atom stereocenters. The lowest BCUT2D eigenvalue weighted by atomic mass is 10.1. The highest BCUT2D eigenvalue weighted by Crippen LogP contribution is 2.29. The molecule has 7 rings (SSSR count). The van der Waals surface area contributed by atoms with E-state index in [-0.39, 0.29) is 47.3 Å². The van der Waals surface area contributed by atoms with E-state index in [1.807, 2.05) is 72.8 Å². The molecule has 250 valence electrons. The second kappa shape index (κ2) is 14.0. The Kier molecular flexibility index (Phi) is 9.15. The zero-order chi connectivity index (χ0) is 34.8. The summed E-state index contributed by atoms with van der Waals surface area (Å²) in [6, 6.07) is 27.8. The van der Waals surface area contributed by atoms with Gasteiger partial charge in [0.25, 0.3) is 11.8 Å². The molecule has 0 fully saturated rings. The summed E-state index contributed by atoms with van der Waals surface area (Å²) >= 11 is 2.55. The summed E-state index contributed by atoms with van der Waals surface area (Å²) in [6.07, 6.45) is 0. The summed E-state index contributed by atoms with van der Waals surface area (Å²) in [6.45, 7) is 3.61. The van der Waals surface area contributed by atoms with Gasteiger partial charge in [-0.3, -0.25) is 19.2 Å². The third-order valence-electron chi connectivity index (χ3n) is 7.91. The van der Waals surface area contributed by atoms with E-state index in [4.69, 9.17) is 9.47 Å². The van der Waals surface area contributed by atoms with Crippen molar-refractivity contribution in [3.05, 3.63) is 112 Å². The van der Waals surface area contributed by atoms with Crippen LogP contribution in [0.1, 0.15) is 34.8 Å². The van der Waals surface area contributed by atoms with Crippen LogP contribution in [-0.4, -0.2) is 51.1 Å². The first kappa shape index (κ1) is 32.7. The SMILES string of the molecule is CCOC(=O)Cn1c(=NC(=O)c2cccc(C(=O)N=c3sc4c5ccccc5ccc4n3CC(=O)OCC)n2)sc2c3ccccc3ccc21. The fourth-order valence-corrected chi connectivity index (χ4v) is 8.03. The number of fused-ring (bicyclic) bond motifs is 6. The Morgan fingerprint density at radius 2 is 1.04 bits per heavy atom. The lowest BCUT2D eigenvalue weighted by molar-refractivity contribution is -0.144. The Balaban J connectivity index is 1.28. The largest absolute Gasteiger partial charge is 0.465 e. The van der Waals surface area contributed by atoms with Gasteiger partial charge >= 0.3 is 11.9 Å². The molecule has 13 heteroatoms. The second-order valence-corrected chi connectivity index (χ2v) is 13.0. The molecule has 0 radical (unpaired) electrons. The number of nitrogens with zero attached hydrogens (tertiary/aromatic N) is 5. The van der Waals surface area contributed by atoms with E-state index in [1.54, 1.807) is 23.0 Å². The van der Waals surface area contributed by atoms with Crippen LogP contribution in [0.25, 0.3) is 42.0 Å². The Labute approximate surface area is 292 Å². The van der Waals surface area contributed by atoms with E-state index < -0.39 is 23.8 Å². The number of aromatic nitrogens is 3. The van der Waals surface area contributed by atoms with E-state index in [0.717, 1.165) is 42.0 Å². The van der Waals surface area contributed by atoms with E-state index >= 15 is 0 Å². The van der Waals surface area contributed by atoms with Crippen LogP contribution in [0.3, 0.4) is 0 Å². The van der Waals surface area contributed by atoms with Gasteiger partial charge in [-0.05, 0) is 48.9 Å². The zero-order valence-corrected chi connectivity index (χ0v) is 28.6. The normalized spacial score (nSPS) is 12.3. The van der Waals surface area contributed by atoms with Gasteiger partial charge in [-0.15, -0.1) is 0 Å². The summed E-state index contributed by atoms with van der Waals surface area (Å²) in [4.78, 5) is 66.0. The average molecular weight is 704 g/mol. The van der Waals surface area contributed by atoms with E-state index in [1.165, 1.54) is 40.9 Å². The highest BCUT2D eigenvalue weighted by molar-refractivity contribution is 7.17. The van der Waals surface area contributed by atoms with Crippen LogP contribution in [0.4, 0.5) is 0 Å². The van der Waals surface area contributed by atoms with Gasteiger partial charge in [-0.25, -0.2) is 4.98 Å². The van der Waals surface area contributed by atoms with Crippen molar-refractivity contribution in [2.24, 2.45) is 9.98 Å². The summed E-state index contributed by atoms with van der Waals surface area (Å²) in [5.74, 6) is -2.32. The van der Waals surface area contributed by atoms with Crippen molar-refractivity contribution >= 4 is 88.4 Å². The lowest BCUT2D eigenvalue weighted by Gasteiger charge is -2.06. The number of carbonyl (C=O) groups excluding carboxylic acids is 4. The zero-order valence-electron chi connectivity index (χ0n) is 27.0. The van der Waals surface area contributed by atoms with Crippen LogP contribution in [0.5, 0.6) is 0 Å². The molecule has 50 heavy (non-hydrogen) atoms. The summed E-state index contributed by atoms with van der Waals surface area (Å²) in [7, 11) is 0. The molecule has 0 aliphatic carbocycles. The van der Waals surface area contributed by atoms with Crippen molar-refractivity contribution in [3.8, 4) is 0 Å². The molecule has 11 nitrogen and oxygen atoms in total. The molecule has 0 unspecified atom stereocenters. The number of ether oxygens (including phenoxy) is 2. The maximum absolute atomic E-state index is 13.6. The molecule has 0 saturated heterocycles. The predicted molar refractivity (Wildman–Crippen MR) is 192 cm³/mol. The minimum Gasteiger partial charge on any atom is -0.465 e. The van der Waals surface area contributed by atoms with Gasteiger partial charge in [-0.2, -0.15) is 9.98 Å². The number of thiazole rings is 2. The molecular formula is C37H29N5O6S2. The summed E-state index contributed by atoms with van der Waals surface area (Å²) in [5, 5.41) is 3.94. The van der Waals surface area contributed by atoms with Crippen molar-refractivity contribution < 1.29 is 28.7 Å². The molecule has 0 saturated carbocycles.